The molecule has 17 nitrogen and oxygen atoms in total. The van der Waals surface area contributed by atoms with E-state index in [1.807, 2.05) is 45.9 Å². The van der Waals surface area contributed by atoms with Crippen molar-refractivity contribution in [1.29, 1.82) is 0 Å². The summed E-state index contributed by atoms with van der Waals surface area (Å²) in [6.45, 7) is 14.0. The molecular formula is C44H76N6O11. The van der Waals surface area contributed by atoms with Crippen molar-refractivity contribution >= 4 is 29.5 Å². The number of carbonyl (C=O) groups excluding carboxylic acids is 5. The van der Waals surface area contributed by atoms with Crippen LogP contribution in [0.5, 0.6) is 0 Å². The second kappa shape index (κ2) is 28.1. The largest absolute Gasteiger partial charge is 0.386 e. The van der Waals surface area contributed by atoms with E-state index in [-0.39, 0.29) is 67.5 Å². The highest BCUT2D eigenvalue weighted by molar-refractivity contribution is 5.92. The average Bonchev–Trinajstić information content (AvgIpc) is 3.72. The first kappa shape index (κ1) is 53.4. The lowest BCUT2D eigenvalue weighted by atomic mass is 9.94. The van der Waals surface area contributed by atoms with Gasteiger partial charge in [0.05, 0.1) is 88.8 Å². The van der Waals surface area contributed by atoms with Gasteiger partial charge in [-0.25, -0.2) is 0 Å². The Labute approximate surface area is 363 Å². The normalized spacial score (nSPS) is 17.6. The van der Waals surface area contributed by atoms with Crippen LogP contribution in [0, 0.1) is 17.8 Å². The summed E-state index contributed by atoms with van der Waals surface area (Å²) in [7, 11) is 6.18. The highest BCUT2D eigenvalue weighted by atomic mass is 16.5. The molecule has 0 aromatic heterocycles. The zero-order valence-electron chi connectivity index (χ0n) is 38.3. The maximum atomic E-state index is 13.9. The van der Waals surface area contributed by atoms with Gasteiger partial charge in [0.25, 0.3) is 0 Å². The van der Waals surface area contributed by atoms with Gasteiger partial charge < -0.3 is 59.9 Å². The van der Waals surface area contributed by atoms with Crippen LogP contribution in [0.3, 0.4) is 0 Å². The average molecular weight is 865 g/mol. The van der Waals surface area contributed by atoms with Crippen LogP contribution in [-0.4, -0.2) is 173 Å². The van der Waals surface area contributed by atoms with Gasteiger partial charge in [-0.15, -0.1) is 0 Å². The van der Waals surface area contributed by atoms with Gasteiger partial charge in [0.1, 0.15) is 12.1 Å². The van der Waals surface area contributed by atoms with E-state index in [0.29, 0.717) is 58.1 Å². The van der Waals surface area contributed by atoms with E-state index in [4.69, 9.17) is 29.4 Å². The highest BCUT2D eigenvalue weighted by Gasteiger charge is 2.41. The molecule has 1 aliphatic rings. The zero-order chi connectivity index (χ0) is 45.6. The Bertz CT molecular complexity index is 1470. The molecule has 0 radical (unpaired) electrons. The van der Waals surface area contributed by atoms with Crippen molar-refractivity contribution in [2.75, 3.05) is 87.6 Å². The smallest absolute Gasteiger partial charge is 0.245 e. The Hall–Kier alpha value is -3.71. The maximum Gasteiger partial charge on any atom is 0.245 e. The Kier molecular flexibility index (Phi) is 24.6. The second-order valence-electron chi connectivity index (χ2n) is 16.5. The number of ether oxygens (including phenoxy) is 5. The van der Waals surface area contributed by atoms with E-state index in [1.54, 1.807) is 45.0 Å². The van der Waals surface area contributed by atoms with Gasteiger partial charge in [-0.2, -0.15) is 0 Å². The number of aliphatic hydroxyl groups excluding tert-OH is 1. The summed E-state index contributed by atoms with van der Waals surface area (Å²) < 4.78 is 27.8. The Balaban J connectivity index is 1.99. The molecule has 61 heavy (non-hydrogen) atoms. The maximum absolute atomic E-state index is 13.9. The van der Waals surface area contributed by atoms with E-state index in [2.05, 4.69) is 10.6 Å². The third-order valence-corrected chi connectivity index (χ3v) is 11.2. The van der Waals surface area contributed by atoms with Crippen LogP contribution in [-0.2, 0) is 47.7 Å². The lowest BCUT2D eigenvalue weighted by Gasteiger charge is -2.35. The molecule has 0 spiro atoms. The molecule has 2 rings (SSSR count). The summed E-state index contributed by atoms with van der Waals surface area (Å²) >= 11 is 0. The molecule has 0 bridgehead atoms. The zero-order valence-corrected chi connectivity index (χ0v) is 38.3. The van der Waals surface area contributed by atoms with Crippen molar-refractivity contribution in [2.24, 2.45) is 23.5 Å². The molecule has 1 fully saturated rings. The standard InChI is InChI=1S/C44H76N6O11/c1-29(2)38(47-43(55)39(30(3)4)49(8)36(51)18-21-59-23-25-61-26-24-60-22-19-45)44(56)48(7)28-34(57-9)27-37(52)50-20-14-17-35(50)41(58-10)31(5)42(54)46-32(6)40(53)33-15-12-11-13-16-33/h11-13,15-16,29-32,34-35,38-41,53H,14,17-28,45H2,1-10H3,(H,46,54)(H,47,55)/t31-,32-,34?,35+,38+,39+,40-,41?/m1/s1. The monoisotopic (exact) mass is 865 g/mol. The fraction of sp³-hybridized carbons (Fsp3) is 0.750. The number of nitrogens with zero attached hydrogens (tertiary/aromatic N) is 3. The van der Waals surface area contributed by atoms with Crippen LogP contribution in [0.1, 0.15) is 78.9 Å². The molecule has 17 heteroatoms. The van der Waals surface area contributed by atoms with Crippen molar-refractivity contribution in [3.05, 3.63) is 35.9 Å². The van der Waals surface area contributed by atoms with Gasteiger partial charge in [-0.1, -0.05) is 65.0 Å². The second-order valence-corrected chi connectivity index (χ2v) is 16.5. The van der Waals surface area contributed by atoms with Crippen LogP contribution < -0.4 is 16.4 Å². The van der Waals surface area contributed by atoms with Gasteiger partial charge in [0.2, 0.25) is 29.5 Å². The van der Waals surface area contributed by atoms with Crippen molar-refractivity contribution < 1.29 is 52.8 Å². The predicted octanol–water partition coefficient (Wildman–Crippen LogP) is 1.75. The van der Waals surface area contributed by atoms with Crippen molar-refractivity contribution in [3.63, 3.8) is 0 Å². The minimum absolute atomic E-state index is 0.0239. The van der Waals surface area contributed by atoms with E-state index < -0.39 is 48.3 Å². The highest BCUT2D eigenvalue weighted by Crippen LogP contribution is 2.28. The molecule has 2 unspecified atom stereocenters. The lowest BCUT2D eigenvalue weighted by Crippen LogP contribution is -2.57. The van der Waals surface area contributed by atoms with Crippen molar-refractivity contribution in [2.45, 2.75) is 110 Å². The van der Waals surface area contributed by atoms with Gasteiger partial charge in [-0.3, -0.25) is 24.0 Å². The number of likely N-dealkylation sites (N-methyl/N-ethyl adjacent to an activating group) is 2. The third-order valence-electron chi connectivity index (χ3n) is 11.2. The van der Waals surface area contributed by atoms with E-state index in [9.17, 15) is 29.1 Å². The summed E-state index contributed by atoms with van der Waals surface area (Å²) in [5.41, 5.74) is 6.08. The number of nitrogens with one attached hydrogen (secondary N) is 2. The van der Waals surface area contributed by atoms with Gasteiger partial charge in [0.15, 0.2) is 0 Å². The molecule has 1 aromatic rings. The van der Waals surface area contributed by atoms with Crippen LogP contribution in [0.25, 0.3) is 0 Å². The molecule has 8 atom stereocenters. The number of aliphatic hydroxyl groups is 1. The number of carbonyl (C=O) groups is 5. The molecule has 0 aliphatic carbocycles. The minimum Gasteiger partial charge on any atom is -0.386 e. The summed E-state index contributed by atoms with van der Waals surface area (Å²) in [5, 5.41) is 16.6. The fourth-order valence-corrected chi connectivity index (χ4v) is 7.62. The van der Waals surface area contributed by atoms with Crippen LogP contribution in [0.4, 0.5) is 0 Å². The van der Waals surface area contributed by atoms with Crippen LogP contribution >= 0.6 is 0 Å². The van der Waals surface area contributed by atoms with Crippen LogP contribution in [0.2, 0.25) is 0 Å². The van der Waals surface area contributed by atoms with Gasteiger partial charge >= 0.3 is 0 Å². The van der Waals surface area contributed by atoms with E-state index >= 15 is 0 Å². The summed E-state index contributed by atoms with van der Waals surface area (Å²) in [4.78, 5) is 72.7. The first-order chi connectivity index (χ1) is 29.0. The summed E-state index contributed by atoms with van der Waals surface area (Å²) in [6, 6.07) is 6.44. The van der Waals surface area contributed by atoms with Crippen molar-refractivity contribution in [3.8, 4) is 0 Å². The van der Waals surface area contributed by atoms with E-state index in [0.717, 1.165) is 6.42 Å². The number of nitrogens with two attached hydrogens (primary N) is 1. The predicted molar refractivity (Wildman–Crippen MR) is 231 cm³/mol. The summed E-state index contributed by atoms with van der Waals surface area (Å²) in [5.74, 6) is -2.75. The Morgan fingerprint density at radius 1 is 0.836 bits per heavy atom. The number of hydrogen-bond acceptors (Lipinski definition) is 12. The Morgan fingerprint density at radius 3 is 2.00 bits per heavy atom. The molecule has 1 aromatic carbocycles. The number of benzene rings is 1. The SMILES string of the molecule is COC(CC(=O)N1CCC[C@H]1C(OC)[C@@H](C)C(=O)N[C@H](C)[C@@H](O)c1ccccc1)CN(C)C(=O)[C@@H](NC(=O)[C@H](C(C)C)N(C)C(=O)CCOCCOCCOCCN)C(C)C. The topological polar surface area (TPSA) is 212 Å². The number of amides is 5. The number of likely N-dealkylation sites (tertiary alicyclic amines) is 1. The molecule has 1 heterocycles. The third kappa shape index (κ3) is 17.2. The van der Waals surface area contributed by atoms with Gasteiger partial charge in [-0.05, 0) is 37.2 Å². The number of hydrogen-bond donors (Lipinski definition) is 4. The molecular weight excluding hydrogens is 789 g/mol. The number of methoxy groups -OCH3 is 2. The fourth-order valence-electron chi connectivity index (χ4n) is 7.62. The minimum atomic E-state index is -0.908. The lowest BCUT2D eigenvalue weighted by molar-refractivity contribution is -0.145. The molecule has 348 valence electrons. The molecule has 5 N–H and O–H groups in total. The van der Waals surface area contributed by atoms with Crippen molar-refractivity contribution in [1.82, 2.24) is 25.3 Å². The first-order valence-corrected chi connectivity index (χ1v) is 21.6. The quantitative estimate of drug-likeness (QED) is 0.0850. The molecule has 0 saturated carbocycles. The number of rotatable bonds is 29. The molecule has 1 aliphatic heterocycles. The molecule has 1 saturated heterocycles. The van der Waals surface area contributed by atoms with Gasteiger partial charge in [0, 0.05) is 47.9 Å². The van der Waals surface area contributed by atoms with Crippen LogP contribution in [0.15, 0.2) is 30.3 Å². The summed E-state index contributed by atoms with van der Waals surface area (Å²) in [6.07, 6.45) is -0.746. The van der Waals surface area contributed by atoms with E-state index in [1.165, 1.54) is 24.0 Å². The molecule has 5 amide bonds. The Morgan fingerprint density at radius 2 is 1.44 bits per heavy atom. The first-order valence-electron chi connectivity index (χ1n) is 21.6.